The van der Waals surface area contributed by atoms with E-state index in [1.165, 1.54) is 0 Å². The van der Waals surface area contributed by atoms with Crippen LogP contribution in [0.3, 0.4) is 0 Å². The lowest BCUT2D eigenvalue weighted by atomic mass is 9.85. The van der Waals surface area contributed by atoms with Crippen LogP contribution in [0, 0.1) is 0 Å². The lowest BCUT2D eigenvalue weighted by Crippen LogP contribution is -2.53. The highest BCUT2D eigenvalue weighted by Gasteiger charge is 2.31. The van der Waals surface area contributed by atoms with Crippen LogP contribution >= 0.6 is 0 Å². The molecule has 0 amide bonds. The van der Waals surface area contributed by atoms with Gasteiger partial charge in [0.2, 0.25) is 0 Å². The minimum absolute atomic E-state index is 0.0244. The number of likely N-dealkylation sites (tertiary alicyclic amines) is 1. The molecule has 2 N–H and O–H groups in total. The van der Waals surface area contributed by atoms with Crippen molar-refractivity contribution in [2.75, 3.05) is 13.1 Å². The first-order valence-corrected chi connectivity index (χ1v) is 7.95. The van der Waals surface area contributed by atoms with E-state index in [1.807, 2.05) is 6.07 Å². The molecule has 1 saturated heterocycles. The Bertz CT molecular complexity index is 744. The third-order valence-electron chi connectivity index (χ3n) is 4.29. The van der Waals surface area contributed by atoms with E-state index in [2.05, 4.69) is 14.9 Å². The Hall–Kier alpha value is -2.48. The third-order valence-corrected chi connectivity index (χ3v) is 4.29. The lowest BCUT2D eigenvalue weighted by molar-refractivity contribution is 0.0121. The second-order valence-electron chi connectivity index (χ2n) is 6.03. The fourth-order valence-electron chi connectivity index (χ4n) is 3.10. The van der Waals surface area contributed by atoms with Crippen LogP contribution in [0.1, 0.15) is 21.7 Å². The minimum atomic E-state index is -1.02. The summed E-state index contributed by atoms with van der Waals surface area (Å²) in [5.74, 6) is 0.679. The standard InChI is InChI=1S/C16H17BN3O4/c21-16(22)14-12(2-1-10-3-4-17-24-15(10)14)23-11-7-20(8-11)9-13-18-5-6-19-13/h1-2,5-6,11H,3-4,7-9H2,(H,18,19)(H,21,22). The van der Waals surface area contributed by atoms with E-state index in [0.29, 0.717) is 11.5 Å². The molecule has 0 atom stereocenters. The van der Waals surface area contributed by atoms with Crippen LogP contribution in [0.15, 0.2) is 24.5 Å². The zero-order valence-electron chi connectivity index (χ0n) is 13.1. The molecule has 4 rings (SSSR count). The first-order valence-electron chi connectivity index (χ1n) is 7.95. The number of benzene rings is 1. The second-order valence-corrected chi connectivity index (χ2v) is 6.03. The largest absolute Gasteiger partial charge is 0.562 e. The molecule has 8 heteroatoms. The van der Waals surface area contributed by atoms with Crippen molar-refractivity contribution >= 4 is 13.5 Å². The molecule has 7 nitrogen and oxygen atoms in total. The Morgan fingerprint density at radius 2 is 2.38 bits per heavy atom. The molecule has 123 valence electrons. The first kappa shape index (κ1) is 15.1. The molecule has 1 radical (unpaired) electrons. The summed E-state index contributed by atoms with van der Waals surface area (Å²) in [6.07, 6.45) is 5.08. The van der Waals surface area contributed by atoms with Gasteiger partial charge < -0.3 is 19.5 Å². The van der Waals surface area contributed by atoms with E-state index in [4.69, 9.17) is 9.39 Å². The van der Waals surface area contributed by atoms with Gasteiger partial charge in [-0.05, 0) is 24.4 Å². The summed E-state index contributed by atoms with van der Waals surface area (Å²) < 4.78 is 11.4. The number of aromatic nitrogens is 2. The Kier molecular flexibility index (Phi) is 3.89. The monoisotopic (exact) mass is 326 g/mol. The average molecular weight is 326 g/mol. The summed E-state index contributed by atoms with van der Waals surface area (Å²) >= 11 is 0. The third kappa shape index (κ3) is 2.85. The molecule has 0 bridgehead atoms. The normalized spacial score (nSPS) is 17.3. The van der Waals surface area contributed by atoms with E-state index in [9.17, 15) is 9.90 Å². The number of hydrogen-bond donors (Lipinski definition) is 2. The number of ether oxygens (including phenoxy) is 1. The van der Waals surface area contributed by atoms with Crippen molar-refractivity contribution < 1.29 is 19.3 Å². The van der Waals surface area contributed by atoms with Crippen molar-refractivity contribution in [1.82, 2.24) is 14.9 Å². The van der Waals surface area contributed by atoms with E-state index < -0.39 is 5.97 Å². The van der Waals surface area contributed by atoms with Crippen molar-refractivity contribution in [3.05, 3.63) is 41.5 Å². The number of aromatic amines is 1. The van der Waals surface area contributed by atoms with Gasteiger partial charge in [0.1, 0.15) is 29.0 Å². The maximum Gasteiger partial charge on any atom is 0.370 e. The molecule has 24 heavy (non-hydrogen) atoms. The number of aromatic carboxylic acids is 1. The van der Waals surface area contributed by atoms with Gasteiger partial charge in [-0.1, -0.05) is 6.07 Å². The molecule has 2 aliphatic heterocycles. The summed E-state index contributed by atoms with van der Waals surface area (Å²) in [6, 6.07) is 3.63. The number of nitrogens with one attached hydrogen (secondary N) is 1. The van der Waals surface area contributed by atoms with Gasteiger partial charge in [0, 0.05) is 25.5 Å². The Balaban J connectivity index is 1.45. The van der Waals surface area contributed by atoms with Gasteiger partial charge in [0.25, 0.3) is 0 Å². The minimum Gasteiger partial charge on any atom is -0.562 e. The highest BCUT2D eigenvalue weighted by molar-refractivity contribution is 6.29. The number of H-pyrrole nitrogens is 1. The molecular weight excluding hydrogens is 309 g/mol. The molecule has 2 aromatic rings. The lowest BCUT2D eigenvalue weighted by Gasteiger charge is -2.38. The van der Waals surface area contributed by atoms with Crippen LogP contribution in [0.25, 0.3) is 0 Å². The summed E-state index contributed by atoms with van der Waals surface area (Å²) in [5, 5.41) is 9.55. The van der Waals surface area contributed by atoms with Crippen LogP contribution < -0.4 is 9.39 Å². The number of imidazole rings is 1. The number of aryl methyl sites for hydroxylation is 1. The Morgan fingerprint density at radius 1 is 1.50 bits per heavy atom. The summed E-state index contributed by atoms with van der Waals surface area (Å²) in [5.41, 5.74) is 1.03. The quantitative estimate of drug-likeness (QED) is 0.807. The molecule has 0 saturated carbocycles. The zero-order chi connectivity index (χ0) is 16.5. The number of carboxylic acids is 1. The number of rotatable bonds is 5. The van der Waals surface area contributed by atoms with Crippen molar-refractivity contribution in [2.45, 2.75) is 25.4 Å². The smallest absolute Gasteiger partial charge is 0.370 e. The van der Waals surface area contributed by atoms with E-state index in [-0.39, 0.29) is 11.7 Å². The molecule has 1 aromatic heterocycles. The van der Waals surface area contributed by atoms with Crippen molar-refractivity contribution in [2.24, 2.45) is 0 Å². The number of fused-ring (bicyclic) bond motifs is 1. The average Bonchev–Trinajstić information content (AvgIpc) is 3.05. The molecule has 1 fully saturated rings. The highest BCUT2D eigenvalue weighted by atomic mass is 16.5. The van der Waals surface area contributed by atoms with Crippen LogP contribution in [-0.2, 0) is 13.0 Å². The maximum atomic E-state index is 11.7. The number of nitrogens with zero attached hydrogens (tertiary/aromatic N) is 2. The predicted octanol–water partition coefficient (Wildman–Crippen LogP) is 1.34. The van der Waals surface area contributed by atoms with Crippen molar-refractivity contribution in [3.63, 3.8) is 0 Å². The maximum absolute atomic E-state index is 11.7. The van der Waals surface area contributed by atoms with Gasteiger partial charge >= 0.3 is 13.5 Å². The topological polar surface area (TPSA) is 87.7 Å². The SMILES string of the molecule is O=C(O)c1c(OC2CN(Cc3ncc[nH]3)C2)ccc2c1O[B]CC2. The van der Waals surface area contributed by atoms with Crippen LogP contribution in [0.5, 0.6) is 11.5 Å². The van der Waals surface area contributed by atoms with Gasteiger partial charge in [0.15, 0.2) is 0 Å². The fourth-order valence-corrected chi connectivity index (χ4v) is 3.10. The molecule has 3 heterocycles. The number of carbonyl (C=O) groups is 1. The van der Waals surface area contributed by atoms with Gasteiger partial charge in [-0.15, -0.1) is 0 Å². The number of hydrogen-bond acceptors (Lipinski definition) is 5. The molecule has 0 spiro atoms. The van der Waals surface area contributed by atoms with Crippen LogP contribution in [-0.4, -0.2) is 52.6 Å². The second kappa shape index (κ2) is 6.20. The molecular formula is C16H17BN3O4. The van der Waals surface area contributed by atoms with Gasteiger partial charge in [0.05, 0.1) is 6.54 Å². The first-order chi connectivity index (χ1) is 11.7. The van der Waals surface area contributed by atoms with Gasteiger partial charge in [-0.2, -0.15) is 0 Å². The number of carboxylic acid groups (broad SMARTS) is 1. The van der Waals surface area contributed by atoms with E-state index in [0.717, 1.165) is 43.8 Å². The van der Waals surface area contributed by atoms with Crippen molar-refractivity contribution in [1.29, 1.82) is 0 Å². The summed E-state index contributed by atoms with van der Waals surface area (Å²) in [4.78, 5) is 21.1. The van der Waals surface area contributed by atoms with Gasteiger partial charge in [-0.25, -0.2) is 9.78 Å². The highest BCUT2D eigenvalue weighted by Crippen LogP contribution is 2.36. The Labute approximate surface area is 139 Å². The molecule has 0 aliphatic carbocycles. The Morgan fingerprint density at radius 3 is 3.12 bits per heavy atom. The van der Waals surface area contributed by atoms with Crippen molar-refractivity contribution in [3.8, 4) is 11.5 Å². The summed E-state index contributed by atoms with van der Waals surface area (Å²) in [6.45, 7) is 2.22. The zero-order valence-corrected chi connectivity index (χ0v) is 13.1. The van der Waals surface area contributed by atoms with Crippen LogP contribution in [0.2, 0.25) is 6.32 Å². The predicted molar refractivity (Wildman–Crippen MR) is 86.6 cm³/mol. The molecule has 2 aliphatic rings. The van der Waals surface area contributed by atoms with Crippen LogP contribution in [0.4, 0.5) is 0 Å². The summed E-state index contributed by atoms with van der Waals surface area (Å²) in [7, 11) is 1.65. The van der Waals surface area contributed by atoms with E-state index in [1.54, 1.807) is 25.9 Å². The molecule has 0 unspecified atom stereocenters. The molecule has 1 aromatic carbocycles. The van der Waals surface area contributed by atoms with E-state index >= 15 is 0 Å². The fraction of sp³-hybridized carbons (Fsp3) is 0.375. The van der Waals surface area contributed by atoms with Gasteiger partial charge in [-0.3, -0.25) is 4.90 Å².